The lowest BCUT2D eigenvalue weighted by Crippen LogP contribution is -2.44. The summed E-state index contributed by atoms with van der Waals surface area (Å²) in [6.07, 6.45) is 0.613. The molecular weight excluding hydrogens is 360 g/mol. The van der Waals surface area contributed by atoms with Crippen LogP contribution in [0.3, 0.4) is 0 Å². The van der Waals surface area contributed by atoms with Gasteiger partial charge in [-0.2, -0.15) is 0 Å². The van der Waals surface area contributed by atoms with E-state index in [4.69, 9.17) is 4.74 Å². The van der Waals surface area contributed by atoms with Crippen LogP contribution in [-0.2, 0) is 24.4 Å². The first-order valence-electron chi connectivity index (χ1n) is 10.5. The molecule has 0 amide bonds. The van der Waals surface area contributed by atoms with Crippen molar-refractivity contribution in [3.63, 3.8) is 0 Å². The van der Waals surface area contributed by atoms with Gasteiger partial charge in [-0.15, -0.1) is 0 Å². The van der Waals surface area contributed by atoms with Crippen molar-refractivity contribution >= 4 is 5.96 Å². The van der Waals surface area contributed by atoms with E-state index in [1.807, 2.05) is 0 Å². The maximum absolute atomic E-state index is 5.83. The Labute approximate surface area is 175 Å². The first-order chi connectivity index (χ1) is 14.0. The van der Waals surface area contributed by atoms with Gasteiger partial charge in [0.2, 0.25) is 0 Å². The standard InChI is InChI=1S/C24H34N4O/c1-18-7-5-6-8-23(18)14-27-24(25-4)26-13-21-9-11-22(12-10-21)17-28-15-19(2)29-20(3)16-28/h5-12,19-20H,13-17H2,1-4H3,(H2,25,26,27). The molecule has 0 spiro atoms. The highest BCUT2D eigenvalue weighted by molar-refractivity contribution is 5.79. The maximum Gasteiger partial charge on any atom is 0.191 e. The molecule has 1 heterocycles. The van der Waals surface area contributed by atoms with Crippen LogP contribution in [0.1, 0.15) is 36.1 Å². The molecule has 0 aromatic heterocycles. The van der Waals surface area contributed by atoms with E-state index in [1.54, 1.807) is 7.05 Å². The lowest BCUT2D eigenvalue weighted by molar-refractivity contribution is -0.0704. The predicted molar refractivity (Wildman–Crippen MR) is 120 cm³/mol. The van der Waals surface area contributed by atoms with E-state index in [1.165, 1.54) is 22.3 Å². The Morgan fingerprint density at radius 2 is 1.59 bits per heavy atom. The van der Waals surface area contributed by atoms with Gasteiger partial charge >= 0.3 is 0 Å². The van der Waals surface area contributed by atoms with Crippen LogP contribution in [0.4, 0.5) is 0 Å². The lowest BCUT2D eigenvalue weighted by atomic mass is 10.1. The van der Waals surface area contributed by atoms with Gasteiger partial charge in [-0.1, -0.05) is 48.5 Å². The topological polar surface area (TPSA) is 48.9 Å². The third-order valence-electron chi connectivity index (χ3n) is 5.32. The minimum atomic E-state index is 0.307. The molecule has 0 aliphatic carbocycles. The molecule has 5 nitrogen and oxygen atoms in total. The van der Waals surface area contributed by atoms with Crippen LogP contribution < -0.4 is 10.6 Å². The van der Waals surface area contributed by atoms with Gasteiger partial charge in [-0.3, -0.25) is 9.89 Å². The second-order valence-corrected chi connectivity index (χ2v) is 7.97. The SMILES string of the molecule is CN=C(NCc1ccc(CN2CC(C)OC(C)C2)cc1)NCc1ccccc1C. The minimum absolute atomic E-state index is 0.307. The minimum Gasteiger partial charge on any atom is -0.373 e. The highest BCUT2D eigenvalue weighted by Crippen LogP contribution is 2.15. The van der Waals surface area contributed by atoms with Crippen molar-refractivity contribution in [3.05, 3.63) is 70.8 Å². The van der Waals surface area contributed by atoms with Crippen LogP contribution in [0.25, 0.3) is 0 Å². The molecule has 2 N–H and O–H groups in total. The molecule has 3 rings (SSSR count). The zero-order chi connectivity index (χ0) is 20.6. The second-order valence-electron chi connectivity index (χ2n) is 7.97. The highest BCUT2D eigenvalue weighted by Gasteiger charge is 2.21. The number of aliphatic imine (C=N–C) groups is 1. The molecule has 2 aromatic carbocycles. The van der Waals surface area contributed by atoms with E-state index in [9.17, 15) is 0 Å². The number of morpholine rings is 1. The van der Waals surface area contributed by atoms with E-state index >= 15 is 0 Å². The van der Waals surface area contributed by atoms with Gasteiger partial charge in [0.05, 0.1) is 12.2 Å². The second kappa shape index (κ2) is 10.4. The first kappa shape index (κ1) is 21.3. The Bertz CT molecular complexity index is 793. The van der Waals surface area contributed by atoms with Crippen LogP contribution in [-0.4, -0.2) is 43.2 Å². The Hall–Kier alpha value is -2.37. The number of hydrogen-bond donors (Lipinski definition) is 2. The van der Waals surface area contributed by atoms with Crippen molar-refractivity contribution in [2.75, 3.05) is 20.1 Å². The number of benzene rings is 2. The van der Waals surface area contributed by atoms with Gasteiger partial charge in [0.1, 0.15) is 0 Å². The molecule has 0 radical (unpaired) electrons. The molecule has 1 saturated heterocycles. The number of aryl methyl sites for hydroxylation is 1. The molecule has 5 heteroatoms. The van der Waals surface area contributed by atoms with Gasteiger partial charge in [0.25, 0.3) is 0 Å². The Kier molecular flexibility index (Phi) is 7.67. The van der Waals surface area contributed by atoms with Crippen LogP contribution in [0.2, 0.25) is 0 Å². The van der Waals surface area contributed by atoms with Gasteiger partial charge < -0.3 is 15.4 Å². The fourth-order valence-electron chi connectivity index (χ4n) is 3.83. The average Bonchev–Trinajstić information content (AvgIpc) is 2.70. The van der Waals surface area contributed by atoms with Gasteiger partial charge in [0.15, 0.2) is 5.96 Å². The summed E-state index contributed by atoms with van der Waals surface area (Å²) in [5, 5.41) is 6.79. The monoisotopic (exact) mass is 394 g/mol. The molecule has 2 atom stereocenters. The van der Waals surface area contributed by atoms with E-state index in [2.05, 4.69) is 89.8 Å². The number of ether oxygens (including phenoxy) is 1. The number of nitrogens with one attached hydrogen (secondary N) is 2. The van der Waals surface area contributed by atoms with Crippen molar-refractivity contribution in [2.45, 2.75) is 52.6 Å². The van der Waals surface area contributed by atoms with E-state index in [0.717, 1.165) is 38.7 Å². The third kappa shape index (κ3) is 6.58. The van der Waals surface area contributed by atoms with Gasteiger partial charge in [0, 0.05) is 39.8 Å². The summed E-state index contributed by atoms with van der Waals surface area (Å²) in [6.45, 7) is 10.9. The molecule has 29 heavy (non-hydrogen) atoms. The van der Waals surface area contributed by atoms with Crippen LogP contribution in [0.15, 0.2) is 53.5 Å². The molecule has 0 bridgehead atoms. The fourth-order valence-corrected chi connectivity index (χ4v) is 3.83. The van der Waals surface area contributed by atoms with Crippen molar-refractivity contribution in [3.8, 4) is 0 Å². The largest absolute Gasteiger partial charge is 0.373 e. The van der Waals surface area contributed by atoms with E-state index < -0.39 is 0 Å². The summed E-state index contributed by atoms with van der Waals surface area (Å²) in [5.41, 5.74) is 5.16. The summed E-state index contributed by atoms with van der Waals surface area (Å²) in [7, 11) is 1.81. The van der Waals surface area contributed by atoms with Crippen molar-refractivity contribution in [2.24, 2.45) is 4.99 Å². The third-order valence-corrected chi connectivity index (χ3v) is 5.32. The smallest absolute Gasteiger partial charge is 0.191 e. The normalized spacial score (nSPS) is 20.5. The molecule has 1 fully saturated rings. The van der Waals surface area contributed by atoms with Crippen molar-refractivity contribution in [1.82, 2.24) is 15.5 Å². The van der Waals surface area contributed by atoms with Crippen molar-refractivity contribution < 1.29 is 4.74 Å². The predicted octanol–water partition coefficient (Wildman–Crippen LogP) is 3.47. The van der Waals surface area contributed by atoms with Crippen LogP contribution in [0.5, 0.6) is 0 Å². The maximum atomic E-state index is 5.83. The highest BCUT2D eigenvalue weighted by atomic mass is 16.5. The molecule has 1 aliphatic rings. The van der Waals surface area contributed by atoms with E-state index in [0.29, 0.717) is 12.2 Å². The number of nitrogens with zero attached hydrogens (tertiary/aromatic N) is 2. The first-order valence-corrected chi connectivity index (χ1v) is 10.5. The average molecular weight is 395 g/mol. The van der Waals surface area contributed by atoms with Crippen LogP contribution in [0, 0.1) is 6.92 Å². The molecule has 0 saturated carbocycles. The quantitative estimate of drug-likeness (QED) is 0.582. The molecule has 2 unspecified atom stereocenters. The zero-order valence-corrected chi connectivity index (χ0v) is 18.1. The Morgan fingerprint density at radius 1 is 0.966 bits per heavy atom. The van der Waals surface area contributed by atoms with Gasteiger partial charge in [-0.05, 0) is 43.0 Å². The Balaban J connectivity index is 1.47. The summed E-state index contributed by atoms with van der Waals surface area (Å²) in [6, 6.07) is 17.3. The Morgan fingerprint density at radius 3 is 2.24 bits per heavy atom. The zero-order valence-electron chi connectivity index (χ0n) is 18.1. The lowest BCUT2D eigenvalue weighted by Gasteiger charge is -2.35. The molecular formula is C24H34N4O. The number of hydrogen-bond acceptors (Lipinski definition) is 3. The fraction of sp³-hybridized carbons (Fsp3) is 0.458. The molecule has 1 aliphatic heterocycles. The van der Waals surface area contributed by atoms with Gasteiger partial charge in [-0.25, -0.2) is 0 Å². The summed E-state index contributed by atoms with van der Waals surface area (Å²) < 4.78 is 5.83. The van der Waals surface area contributed by atoms with Crippen molar-refractivity contribution in [1.29, 1.82) is 0 Å². The van der Waals surface area contributed by atoms with E-state index in [-0.39, 0.29) is 0 Å². The summed E-state index contributed by atoms with van der Waals surface area (Å²) >= 11 is 0. The number of guanidine groups is 1. The summed E-state index contributed by atoms with van der Waals surface area (Å²) in [4.78, 5) is 6.81. The molecule has 2 aromatic rings. The number of rotatable bonds is 6. The van der Waals surface area contributed by atoms with Crippen LogP contribution >= 0.6 is 0 Å². The summed E-state index contributed by atoms with van der Waals surface area (Å²) in [5.74, 6) is 0.814. The molecule has 156 valence electrons.